The van der Waals surface area contributed by atoms with Crippen molar-refractivity contribution in [3.8, 4) is 11.5 Å². The number of halogens is 1. The highest BCUT2D eigenvalue weighted by atomic mass is 35.5. The van der Waals surface area contributed by atoms with Crippen LogP contribution < -0.4 is 20.1 Å². The van der Waals surface area contributed by atoms with E-state index in [0.717, 1.165) is 5.56 Å². The highest BCUT2D eigenvalue weighted by molar-refractivity contribution is 6.32. The summed E-state index contributed by atoms with van der Waals surface area (Å²) in [7, 11) is 3.12. The van der Waals surface area contributed by atoms with E-state index in [0.29, 0.717) is 36.0 Å². The van der Waals surface area contributed by atoms with Gasteiger partial charge in [-0.2, -0.15) is 0 Å². The first-order chi connectivity index (χ1) is 9.97. The van der Waals surface area contributed by atoms with E-state index >= 15 is 0 Å². The monoisotopic (exact) mass is 314 g/mol. The number of nitrogens with one attached hydrogen (secondary N) is 2. The Balaban J connectivity index is 2.49. The number of carbonyl (C=O) groups excluding carboxylic acids is 1. The Hall–Kier alpha value is -1.46. The fourth-order valence-electron chi connectivity index (χ4n) is 1.90. The Morgan fingerprint density at radius 3 is 2.57 bits per heavy atom. The fourth-order valence-corrected chi connectivity index (χ4v) is 2.21. The molecule has 21 heavy (non-hydrogen) atoms. The molecular formula is C15H23ClN2O3. The molecule has 1 rings (SSSR count). The normalized spacial score (nSPS) is 10.6. The highest BCUT2D eigenvalue weighted by Gasteiger charge is 2.10. The minimum absolute atomic E-state index is 0.0443. The molecule has 5 nitrogen and oxygen atoms in total. The third-order valence-electron chi connectivity index (χ3n) is 2.80. The lowest BCUT2D eigenvalue weighted by Crippen LogP contribution is -2.32. The molecule has 0 unspecified atom stereocenters. The summed E-state index contributed by atoms with van der Waals surface area (Å²) in [6.45, 7) is 5.09. The number of carbonyl (C=O) groups is 1. The van der Waals surface area contributed by atoms with Crippen molar-refractivity contribution in [1.29, 1.82) is 0 Å². The first kappa shape index (κ1) is 17.6. The Kier molecular flexibility index (Phi) is 7.32. The lowest BCUT2D eigenvalue weighted by Gasteiger charge is -2.12. The van der Waals surface area contributed by atoms with Gasteiger partial charge < -0.3 is 20.1 Å². The zero-order chi connectivity index (χ0) is 15.8. The predicted octanol–water partition coefficient (Wildman–Crippen LogP) is 2.36. The molecule has 0 bridgehead atoms. The van der Waals surface area contributed by atoms with Gasteiger partial charge in [0.25, 0.3) is 0 Å². The third-order valence-corrected chi connectivity index (χ3v) is 3.08. The SMILES string of the molecule is COc1cc(CNCCC(=O)NC(C)C)cc(Cl)c1OC. The van der Waals surface area contributed by atoms with Gasteiger partial charge in [-0.05, 0) is 31.5 Å². The molecule has 0 saturated carbocycles. The van der Waals surface area contributed by atoms with Crippen molar-refractivity contribution in [3.63, 3.8) is 0 Å². The van der Waals surface area contributed by atoms with E-state index in [2.05, 4.69) is 10.6 Å². The first-order valence-electron chi connectivity index (χ1n) is 6.88. The first-order valence-corrected chi connectivity index (χ1v) is 7.26. The summed E-state index contributed by atoms with van der Waals surface area (Å²) >= 11 is 6.14. The molecule has 0 radical (unpaired) electrons. The number of amides is 1. The molecule has 0 saturated heterocycles. The van der Waals surface area contributed by atoms with E-state index in [-0.39, 0.29) is 11.9 Å². The maximum atomic E-state index is 11.5. The molecular weight excluding hydrogens is 292 g/mol. The van der Waals surface area contributed by atoms with Crippen LogP contribution in [-0.2, 0) is 11.3 Å². The standard InChI is InChI=1S/C15H23ClN2O3/c1-10(2)18-14(19)5-6-17-9-11-7-12(16)15(21-4)13(8-11)20-3/h7-8,10,17H,5-6,9H2,1-4H3,(H,18,19). The van der Waals surface area contributed by atoms with Gasteiger partial charge in [-0.1, -0.05) is 11.6 Å². The van der Waals surface area contributed by atoms with Gasteiger partial charge in [0.05, 0.1) is 19.2 Å². The number of methoxy groups -OCH3 is 2. The molecule has 1 aromatic rings. The number of ether oxygens (including phenoxy) is 2. The molecule has 1 aromatic carbocycles. The lowest BCUT2D eigenvalue weighted by molar-refractivity contribution is -0.121. The minimum atomic E-state index is 0.0443. The average molecular weight is 315 g/mol. The quantitative estimate of drug-likeness (QED) is 0.723. The van der Waals surface area contributed by atoms with Crippen molar-refractivity contribution in [2.24, 2.45) is 0 Å². The van der Waals surface area contributed by atoms with Crippen LogP contribution in [0.3, 0.4) is 0 Å². The second-order valence-corrected chi connectivity index (χ2v) is 5.37. The van der Waals surface area contributed by atoms with Gasteiger partial charge in [0, 0.05) is 25.6 Å². The number of hydrogen-bond acceptors (Lipinski definition) is 4. The molecule has 0 aliphatic carbocycles. The second kappa shape index (κ2) is 8.74. The Morgan fingerprint density at radius 1 is 1.29 bits per heavy atom. The molecule has 118 valence electrons. The maximum absolute atomic E-state index is 11.5. The van der Waals surface area contributed by atoms with Crippen LogP contribution in [0.15, 0.2) is 12.1 Å². The van der Waals surface area contributed by atoms with Crippen LogP contribution in [0.1, 0.15) is 25.8 Å². The average Bonchev–Trinajstić information content (AvgIpc) is 2.42. The largest absolute Gasteiger partial charge is 0.493 e. The van der Waals surface area contributed by atoms with Gasteiger partial charge in [-0.25, -0.2) is 0 Å². The van der Waals surface area contributed by atoms with Gasteiger partial charge in [-0.15, -0.1) is 0 Å². The predicted molar refractivity (Wildman–Crippen MR) is 84.2 cm³/mol. The molecule has 1 amide bonds. The summed E-state index contributed by atoms with van der Waals surface area (Å²) < 4.78 is 10.4. The van der Waals surface area contributed by atoms with Crippen LogP contribution in [0.5, 0.6) is 11.5 Å². The van der Waals surface area contributed by atoms with E-state index in [1.807, 2.05) is 26.0 Å². The van der Waals surface area contributed by atoms with Crippen LogP contribution in [-0.4, -0.2) is 32.7 Å². The summed E-state index contributed by atoms with van der Waals surface area (Å²) in [5, 5.41) is 6.56. The summed E-state index contributed by atoms with van der Waals surface area (Å²) in [6, 6.07) is 3.86. The topological polar surface area (TPSA) is 59.6 Å². The summed E-state index contributed by atoms with van der Waals surface area (Å²) in [4.78, 5) is 11.5. The van der Waals surface area contributed by atoms with Gasteiger partial charge in [-0.3, -0.25) is 4.79 Å². The van der Waals surface area contributed by atoms with Crippen molar-refractivity contribution in [1.82, 2.24) is 10.6 Å². The van der Waals surface area contributed by atoms with E-state index < -0.39 is 0 Å². The molecule has 0 atom stereocenters. The third kappa shape index (κ3) is 5.81. The lowest BCUT2D eigenvalue weighted by atomic mass is 10.2. The summed E-state index contributed by atoms with van der Waals surface area (Å²) in [5.41, 5.74) is 0.974. The van der Waals surface area contributed by atoms with Crippen LogP contribution >= 0.6 is 11.6 Å². The van der Waals surface area contributed by atoms with Gasteiger partial charge in [0.15, 0.2) is 11.5 Å². The van der Waals surface area contributed by atoms with E-state index in [9.17, 15) is 4.79 Å². The Bertz CT molecular complexity index is 478. The molecule has 0 spiro atoms. The minimum Gasteiger partial charge on any atom is -0.493 e. The van der Waals surface area contributed by atoms with E-state index in [1.165, 1.54) is 0 Å². The number of benzene rings is 1. The second-order valence-electron chi connectivity index (χ2n) is 4.96. The summed E-state index contributed by atoms with van der Waals surface area (Å²) in [6.07, 6.45) is 0.444. The Morgan fingerprint density at radius 2 is 2.00 bits per heavy atom. The fraction of sp³-hybridized carbons (Fsp3) is 0.533. The number of hydrogen-bond donors (Lipinski definition) is 2. The molecule has 0 heterocycles. The Labute approximate surface area is 131 Å². The van der Waals surface area contributed by atoms with Gasteiger partial charge >= 0.3 is 0 Å². The maximum Gasteiger partial charge on any atom is 0.221 e. The molecule has 0 fully saturated rings. The van der Waals surface area contributed by atoms with E-state index in [4.69, 9.17) is 21.1 Å². The van der Waals surface area contributed by atoms with Crippen LogP contribution in [0.25, 0.3) is 0 Å². The van der Waals surface area contributed by atoms with Crippen LogP contribution in [0.2, 0.25) is 5.02 Å². The molecule has 0 aliphatic rings. The van der Waals surface area contributed by atoms with Crippen molar-refractivity contribution < 1.29 is 14.3 Å². The zero-order valence-corrected chi connectivity index (χ0v) is 13.7. The van der Waals surface area contributed by atoms with Crippen molar-refractivity contribution in [2.75, 3.05) is 20.8 Å². The van der Waals surface area contributed by atoms with E-state index in [1.54, 1.807) is 14.2 Å². The highest BCUT2D eigenvalue weighted by Crippen LogP contribution is 2.35. The molecule has 0 aromatic heterocycles. The summed E-state index contributed by atoms with van der Waals surface area (Å²) in [5.74, 6) is 1.17. The van der Waals surface area contributed by atoms with Gasteiger partial charge in [0.1, 0.15) is 0 Å². The molecule has 0 aliphatic heterocycles. The van der Waals surface area contributed by atoms with Gasteiger partial charge in [0.2, 0.25) is 5.91 Å². The van der Waals surface area contributed by atoms with Crippen LogP contribution in [0, 0.1) is 0 Å². The number of rotatable bonds is 8. The van der Waals surface area contributed by atoms with Crippen molar-refractivity contribution in [3.05, 3.63) is 22.7 Å². The smallest absolute Gasteiger partial charge is 0.221 e. The molecule has 6 heteroatoms. The zero-order valence-electron chi connectivity index (χ0n) is 13.0. The van der Waals surface area contributed by atoms with Crippen molar-refractivity contribution in [2.45, 2.75) is 32.9 Å². The van der Waals surface area contributed by atoms with Crippen LogP contribution in [0.4, 0.5) is 0 Å². The molecule has 2 N–H and O–H groups in total. The van der Waals surface area contributed by atoms with Crippen molar-refractivity contribution >= 4 is 17.5 Å².